The van der Waals surface area contributed by atoms with Crippen LogP contribution in [0.5, 0.6) is 0 Å². The Hall–Kier alpha value is -3.82. The van der Waals surface area contributed by atoms with Gasteiger partial charge in [-0.1, -0.05) is 60.1 Å². The Morgan fingerprint density at radius 1 is 0.972 bits per heavy atom. The molecule has 4 aromatic rings. The van der Waals surface area contributed by atoms with E-state index in [4.69, 9.17) is 11.6 Å². The Morgan fingerprint density at radius 2 is 1.61 bits per heavy atom. The van der Waals surface area contributed by atoms with Crippen LogP contribution in [-0.4, -0.2) is 30.2 Å². The first kappa shape index (κ1) is 25.3. The molecule has 0 saturated carbocycles. The molecule has 1 amide bonds. The summed E-state index contributed by atoms with van der Waals surface area (Å²) >= 11 is 6.21. The van der Waals surface area contributed by atoms with E-state index >= 15 is 0 Å². The van der Waals surface area contributed by atoms with Crippen molar-refractivity contribution in [1.29, 1.82) is 0 Å². The molecular weight excluding hydrogens is 500 g/mol. The van der Waals surface area contributed by atoms with E-state index in [2.05, 4.69) is 10.0 Å². The standard InChI is InChI=1S/C26H25ClN4O4S/c1-18-24(26(33)31(30(18)2)21-11-7-4-8-12-21)29-36(34,35)23-17-20(13-14-22(23)27)25(32)28-16-15-19-9-5-3-6-10-19/h3-14,17,29H,15-16H2,1-2H3,(H,28,32). The molecule has 4 rings (SSSR count). The topological polar surface area (TPSA) is 102 Å². The van der Waals surface area contributed by atoms with E-state index in [9.17, 15) is 18.0 Å². The number of carbonyl (C=O) groups excluding carboxylic acids is 1. The molecule has 0 unspecified atom stereocenters. The highest BCUT2D eigenvalue weighted by atomic mass is 35.5. The van der Waals surface area contributed by atoms with Gasteiger partial charge in [0.05, 0.1) is 16.4 Å². The lowest BCUT2D eigenvalue weighted by molar-refractivity contribution is 0.0954. The van der Waals surface area contributed by atoms with Gasteiger partial charge in [0.25, 0.3) is 21.5 Å². The summed E-state index contributed by atoms with van der Waals surface area (Å²) in [6.07, 6.45) is 0.633. The van der Waals surface area contributed by atoms with E-state index in [-0.39, 0.29) is 21.2 Å². The van der Waals surface area contributed by atoms with Crippen LogP contribution in [0.2, 0.25) is 5.02 Å². The van der Waals surface area contributed by atoms with Gasteiger partial charge in [0, 0.05) is 19.2 Å². The molecule has 0 aliphatic heterocycles. The SMILES string of the molecule is Cc1c(NS(=O)(=O)c2cc(C(=O)NCCc3ccccc3)ccc2Cl)c(=O)n(-c2ccccc2)n1C. The van der Waals surface area contributed by atoms with Gasteiger partial charge in [0.2, 0.25) is 0 Å². The number of sulfonamides is 1. The fourth-order valence-electron chi connectivity index (χ4n) is 3.79. The molecule has 3 aromatic carbocycles. The van der Waals surface area contributed by atoms with Crippen molar-refractivity contribution in [1.82, 2.24) is 14.7 Å². The van der Waals surface area contributed by atoms with E-state index in [1.54, 1.807) is 42.9 Å². The number of benzene rings is 3. The van der Waals surface area contributed by atoms with Crippen molar-refractivity contribution in [2.75, 3.05) is 11.3 Å². The number of para-hydroxylation sites is 1. The lowest BCUT2D eigenvalue weighted by atomic mass is 10.1. The number of carbonyl (C=O) groups is 1. The largest absolute Gasteiger partial charge is 0.352 e. The number of nitrogens with zero attached hydrogens (tertiary/aromatic N) is 2. The first-order chi connectivity index (χ1) is 17.2. The summed E-state index contributed by atoms with van der Waals surface area (Å²) in [6.45, 7) is 2.02. The van der Waals surface area contributed by atoms with Crippen molar-refractivity contribution < 1.29 is 13.2 Å². The van der Waals surface area contributed by atoms with Crippen LogP contribution in [0.25, 0.3) is 5.69 Å². The molecule has 0 bridgehead atoms. The zero-order chi connectivity index (χ0) is 25.9. The summed E-state index contributed by atoms with van der Waals surface area (Å²) in [5, 5.41) is 2.72. The van der Waals surface area contributed by atoms with Crippen LogP contribution in [0.4, 0.5) is 5.69 Å². The molecule has 1 aromatic heterocycles. The van der Waals surface area contributed by atoms with Crippen LogP contribution in [0.1, 0.15) is 21.6 Å². The van der Waals surface area contributed by atoms with Gasteiger partial charge in [-0.15, -0.1) is 0 Å². The number of halogens is 1. The van der Waals surface area contributed by atoms with E-state index in [0.29, 0.717) is 24.3 Å². The summed E-state index contributed by atoms with van der Waals surface area (Å²) in [5.74, 6) is -0.429. The predicted molar refractivity (Wildman–Crippen MR) is 140 cm³/mol. The Labute approximate surface area is 214 Å². The lowest BCUT2D eigenvalue weighted by Gasteiger charge is -2.11. The fraction of sp³-hybridized carbons (Fsp3) is 0.154. The average molecular weight is 525 g/mol. The van der Waals surface area contributed by atoms with Crippen LogP contribution in [0, 0.1) is 6.92 Å². The molecule has 8 nitrogen and oxygen atoms in total. The lowest BCUT2D eigenvalue weighted by Crippen LogP contribution is -2.26. The molecule has 0 fully saturated rings. The maximum atomic E-state index is 13.3. The number of hydrogen-bond acceptors (Lipinski definition) is 4. The molecule has 10 heteroatoms. The van der Waals surface area contributed by atoms with E-state index in [1.807, 2.05) is 36.4 Å². The predicted octanol–water partition coefficient (Wildman–Crippen LogP) is 3.91. The zero-order valence-electron chi connectivity index (χ0n) is 19.7. The molecule has 186 valence electrons. The maximum absolute atomic E-state index is 13.3. The van der Waals surface area contributed by atoms with Crippen LogP contribution < -0.4 is 15.6 Å². The van der Waals surface area contributed by atoms with Crippen LogP contribution >= 0.6 is 11.6 Å². The second-order valence-corrected chi connectivity index (χ2v) is 10.2. The molecule has 0 spiro atoms. The first-order valence-electron chi connectivity index (χ1n) is 11.2. The fourth-order valence-corrected chi connectivity index (χ4v) is 5.44. The second-order valence-electron chi connectivity index (χ2n) is 8.18. The van der Waals surface area contributed by atoms with Gasteiger partial charge in [0.15, 0.2) is 0 Å². The molecule has 0 radical (unpaired) electrons. The van der Waals surface area contributed by atoms with Crippen molar-refractivity contribution in [2.24, 2.45) is 7.05 Å². The summed E-state index contributed by atoms with van der Waals surface area (Å²) < 4.78 is 31.9. The highest BCUT2D eigenvalue weighted by Gasteiger charge is 2.25. The molecular formula is C26H25ClN4O4S. The molecule has 0 saturated heterocycles. The van der Waals surface area contributed by atoms with Gasteiger partial charge in [-0.25, -0.2) is 13.1 Å². The van der Waals surface area contributed by atoms with E-state index in [1.165, 1.54) is 22.9 Å². The smallest absolute Gasteiger partial charge is 0.296 e. The molecule has 0 aliphatic carbocycles. The van der Waals surface area contributed by atoms with E-state index in [0.717, 1.165) is 5.56 Å². The molecule has 1 heterocycles. The van der Waals surface area contributed by atoms with Crippen molar-refractivity contribution in [3.63, 3.8) is 0 Å². The number of nitrogens with one attached hydrogen (secondary N) is 2. The Morgan fingerprint density at radius 3 is 2.28 bits per heavy atom. The van der Waals surface area contributed by atoms with Crippen LogP contribution in [0.3, 0.4) is 0 Å². The van der Waals surface area contributed by atoms with Gasteiger partial charge in [-0.2, -0.15) is 0 Å². The summed E-state index contributed by atoms with van der Waals surface area (Å²) in [5.41, 5.74) is 1.58. The number of amides is 1. The highest BCUT2D eigenvalue weighted by Crippen LogP contribution is 2.26. The highest BCUT2D eigenvalue weighted by molar-refractivity contribution is 7.92. The molecule has 2 N–H and O–H groups in total. The second kappa shape index (κ2) is 10.4. The van der Waals surface area contributed by atoms with Crippen molar-refractivity contribution in [3.05, 3.63) is 111 Å². The molecule has 36 heavy (non-hydrogen) atoms. The normalized spacial score (nSPS) is 11.3. The summed E-state index contributed by atoms with van der Waals surface area (Å²) in [6, 6.07) is 22.6. The van der Waals surface area contributed by atoms with Crippen molar-refractivity contribution >= 4 is 33.2 Å². The van der Waals surface area contributed by atoms with Crippen molar-refractivity contribution in [2.45, 2.75) is 18.2 Å². The summed E-state index contributed by atoms with van der Waals surface area (Å²) in [7, 11) is -2.62. The zero-order valence-corrected chi connectivity index (χ0v) is 21.3. The minimum Gasteiger partial charge on any atom is -0.352 e. The number of aromatic nitrogens is 2. The number of rotatable bonds is 8. The number of hydrogen-bond donors (Lipinski definition) is 2. The quantitative estimate of drug-likeness (QED) is 0.365. The third kappa shape index (κ3) is 5.22. The Bertz CT molecular complexity index is 1560. The monoisotopic (exact) mass is 524 g/mol. The minimum absolute atomic E-state index is 0.0692. The van der Waals surface area contributed by atoms with Gasteiger partial charge in [0.1, 0.15) is 10.6 Å². The van der Waals surface area contributed by atoms with Crippen LogP contribution in [0.15, 0.2) is 88.6 Å². The minimum atomic E-state index is -4.28. The van der Waals surface area contributed by atoms with Crippen molar-refractivity contribution in [3.8, 4) is 5.69 Å². The molecule has 0 aliphatic rings. The van der Waals surface area contributed by atoms with Gasteiger partial charge >= 0.3 is 0 Å². The van der Waals surface area contributed by atoms with Gasteiger partial charge in [-0.05, 0) is 49.2 Å². The first-order valence-corrected chi connectivity index (χ1v) is 13.0. The number of anilines is 1. The Balaban J connectivity index is 1.58. The average Bonchev–Trinajstić information content (AvgIpc) is 3.08. The molecule has 0 atom stereocenters. The maximum Gasteiger partial charge on any atom is 0.296 e. The van der Waals surface area contributed by atoms with Gasteiger partial charge < -0.3 is 5.32 Å². The van der Waals surface area contributed by atoms with Gasteiger partial charge in [-0.3, -0.25) is 19.0 Å². The third-order valence-corrected chi connectivity index (χ3v) is 7.65. The third-order valence-electron chi connectivity index (χ3n) is 5.82. The van der Waals surface area contributed by atoms with Crippen LogP contribution in [-0.2, 0) is 23.5 Å². The van der Waals surface area contributed by atoms with E-state index < -0.39 is 21.5 Å². The Kier molecular flexibility index (Phi) is 7.32. The summed E-state index contributed by atoms with van der Waals surface area (Å²) in [4.78, 5) is 25.5.